The van der Waals surface area contributed by atoms with E-state index in [-0.39, 0.29) is 0 Å². The summed E-state index contributed by atoms with van der Waals surface area (Å²) in [5, 5.41) is 0. The van der Waals surface area contributed by atoms with Crippen LogP contribution in [-0.4, -0.2) is 19.5 Å². The van der Waals surface area contributed by atoms with Gasteiger partial charge in [0.15, 0.2) is 11.5 Å². The fraction of sp³-hybridized carbons (Fsp3) is 0.444. The molecular formula is C18H24N4. The van der Waals surface area contributed by atoms with Crippen molar-refractivity contribution in [1.29, 1.82) is 0 Å². The summed E-state index contributed by atoms with van der Waals surface area (Å²) < 4.78 is 2.14. The Balaban J connectivity index is 2.05. The van der Waals surface area contributed by atoms with Crippen molar-refractivity contribution >= 4 is 11.2 Å². The minimum atomic E-state index is 0.414. The molecule has 0 aliphatic rings. The molecule has 0 aliphatic heterocycles. The number of imidazole rings is 1. The molecule has 0 saturated carbocycles. The molecule has 3 aromatic rings. The first-order valence-electron chi connectivity index (χ1n) is 8.02. The van der Waals surface area contributed by atoms with Gasteiger partial charge in [0.05, 0.1) is 11.2 Å². The van der Waals surface area contributed by atoms with Gasteiger partial charge in [-0.3, -0.25) is 0 Å². The lowest BCUT2D eigenvalue weighted by Crippen LogP contribution is -1.92. The SMILES string of the molecule is CCC(C)c1cc(-c2nc3nc(C(C)C)ccc3[nH]2)n(C)c1. The van der Waals surface area contributed by atoms with Crippen LogP contribution in [0.3, 0.4) is 0 Å². The third-order valence-electron chi connectivity index (χ3n) is 4.41. The Bertz CT molecular complexity index is 795. The fourth-order valence-corrected chi connectivity index (χ4v) is 2.68. The van der Waals surface area contributed by atoms with E-state index in [0.29, 0.717) is 11.8 Å². The molecule has 1 unspecified atom stereocenters. The molecule has 22 heavy (non-hydrogen) atoms. The van der Waals surface area contributed by atoms with Gasteiger partial charge >= 0.3 is 0 Å². The first-order chi connectivity index (χ1) is 10.5. The number of fused-ring (bicyclic) bond motifs is 1. The number of H-pyrrole nitrogens is 1. The molecular weight excluding hydrogens is 272 g/mol. The highest BCUT2D eigenvalue weighted by Gasteiger charge is 2.14. The summed E-state index contributed by atoms with van der Waals surface area (Å²) >= 11 is 0. The third kappa shape index (κ3) is 2.54. The number of aromatic amines is 1. The van der Waals surface area contributed by atoms with Gasteiger partial charge in [-0.25, -0.2) is 9.97 Å². The van der Waals surface area contributed by atoms with E-state index in [0.717, 1.165) is 34.8 Å². The zero-order valence-corrected chi connectivity index (χ0v) is 14.0. The summed E-state index contributed by atoms with van der Waals surface area (Å²) in [7, 11) is 2.07. The summed E-state index contributed by atoms with van der Waals surface area (Å²) in [6.07, 6.45) is 3.34. The van der Waals surface area contributed by atoms with E-state index in [4.69, 9.17) is 4.98 Å². The number of hydrogen-bond acceptors (Lipinski definition) is 2. The number of hydrogen-bond donors (Lipinski definition) is 1. The Morgan fingerprint density at radius 2 is 1.95 bits per heavy atom. The van der Waals surface area contributed by atoms with Gasteiger partial charge in [0, 0.05) is 18.9 Å². The van der Waals surface area contributed by atoms with E-state index in [2.05, 4.69) is 73.7 Å². The average molecular weight is 296 g/mol. The monoisotopic (exact) mass is 296 g/mol. The maximum Gasteiger partial charge on any atom is 0.178 e. The summed E-state index contributed by atoms with van der Waals surface area (Å²) in [6.45, 7) is 8.78. The second kappa shape index (κ2) is 5.59. The number of rotatable bonds is 4. The van der Waals surface area contributed by atoms with Crippen LogP contribution >= 0.6 is 0 Å². The van der Waals surface area contributed by atoms with Crippen molar-refractivity contribution in [2.24, 2.45) is 7.05 Å². The number of aryl methyl sites for hydroxylation is 1. The van der Waals surface area contributed by atoms with Gasteiger partial charge in [-0.05, 0) is 42.0 Å². The molecule has 4 heteroatoms. The first-order valence-corrected chi connectivity index (χ1v) is 8.02. The number of nitrogens with zero attached hydrogens (tertiary/aromatic N) is 3. The number of nitrogens with one attached hydrogen (secondary N) is 1. The van der Waals surface area contributed by atoms with Crippen molar-refractivity contribution in [3.8, 4) is 11.5 Å². The van der Waals surface area contributed by atoms with Crippen LogP contribution in [0.4, 0.5) is 0 Å². The quantitative estimate of drug-likeness (QED) is 0.764. The van der Waals surface area contributed by atoms with Crippen LogP contribution in [0.1, 0.15) is 57.2 Å². The average Bonchev–Trinajstić information content (AvgIpc) is 3.08. The molecule has 3 aromatic heterocycles. The predicted octanol–water partition coefficient (Wildman–Crippen LogP) is 4.60. The van der Waals surface area contributed by atoms with Crippen LogP contribution in [0.25, 0.3) is 22.7 Å². The lowest BCUT2D eigenvalue weighted by atomic mass is 10.0. The molecule has 3 heterocycles. The van der Waals surface area contributed by atoms with E-state index in [9.17, 15) is 0 Å². The van der Waals surface area contributed by atoms with Crippen molar-refractivity contribution in [2.75, 3.05) is 0 Å². The van der Waals surface area contributed by atoms with E-state index in [1.165, 1.54) is 5.56 Å². The zero-order chi connectivity index (χ0) is 15.9. The van der Waals surface area contributed by atoms with E-state index >= 15 is 0 Å². The molecule has 1 atom stereocenters. The molecule has 0 saturated heterocycles. The number of pyridine rings is 1. The lowest BCUT2D eigenvalue weighted by Gasteiger charge is -2.03. The van der Waals surface area contributed by atoms with Crippen LogP contribution in [-0.2, 0) is 7.05 Å². The van der Waals surface area contributed by atoms with Crippen molar-refractivity contribution in [3.05, 3.63) is 35.7 Å². The molecule has 0 bridgehead atoms. The van der Waals surface area contributed by atoms with Gasteiger partial charge in [0.2, 0.25) is 0 Å². The highest BCUT2D eigenvalue weighted by atomic mass is 15.0. The Labute approximate surface area is 131 Å². The standard InChI is InChI=1S/C18H24N4/c1-6-12(4)13-9-16(22(5)10-13)18-20-15-8-7-14(11(2)3)19-17(15)21-18/h7-12H,6H2,1-5H3,(H,19,20,21). The Hall–Kier alpha value is -2.10. The summed E-state index contributed by atoms with van der Waals surface area (Å²) in [4.78, 5) is 12.7. The Morgan fingerprint density at radius 1 is 1.18 bits per heavy atom. The largest absolute Gasteiger partial charge is 0.348 e. The summed E-state index contributed by atoms with van der Waals surface area (Å²) in [5.41, 5.74) is 5.34. The second-order valence-electron chi connectivity index (χ2n) is 6.43. The molecule has 4 nitrogen and oxygen atoms in total. The Kier molecular flexibility index (Phi) is 3.77. The second-order valence-corrected chi connectivity index (χ2v) is 6.43. The van der Waals surface area contributed by atoms with Crippen LogP contribution in [0.15, 0.2) is 24.4 Å². The fourth-order valence-electron chi connectivity index (χ4n) is 2.68. The van der Waals surface area contributed by atoms with Crippen molar-refractivity contribution < 1.29 is 0 Å². The molecule has 0 radical (unpaired) electrons. The minimum Gasteiger partial charge on any atom is -0.348 e. The van der Waals surface area contributed by atoms with Gasteiger partial charge in [0.25, 0.3) is 0 Å². The van der Waals surface area contributed by atoms with Crippen LogP contribution in [0.5, 0.6) is 0 Å². The van der Waals surface area contributed by atoms with E-state index in [1.54, 1.807) is 0 Å². The predicted molar refractivity (Wildman–Crippen MR) is 91.1 cm³/mol. The Morgan fingerprint density at radius 3 is 2.64 bits per heavy atom. The normalized spacial score (nSPS) is 13.2. The maximum absolute atomic E-state index is 4.70. The highest BCUT2D eigenvalue weighted by Crippen LogP contribution is 2.27. The first kappa shape index (κ1) is 14.8. The molecule has 0 spiro atoms. The minimum absolute atomic E-state index is 0.414. The van der Waals surface area contributed by atoms with E-state index in [1.807, 2.05) is 0 Å². The van der Waals surface area contributed by atoms with Crippen molar-refractivity contribution in [1.82, 2.24) is 19.5 Å². The number of aromatic nitrogens is 4. The van der Waals surface area contributed by atoms with Crippen LogP contribution in [0.2, 0.25) is 0 Å². The molecule has 0 aromatic carbocycles. The van der Waals surface area contributed by atoms with Crippen molar-refractivity contribution in [3.63, 3.8) is 0 Å². The molecule has 0 amide bonds. The molecule has 3 rings (SSSR count). The molecule has 116 valence electrons. The zero-order valence-electron chi connectivity index (χ0n) is 14.0. The molecule has 0 fully saturated rings. The maximum atomic E-state index is 4.70. The van der Waals surface area contributed by atoms with Crippen LogP contribution in [0, 0.1) is 0 Å². The lowest BCUT2D eigenvalue weighted by molar-refractivity contribution is 0.730. The topological polar surface area (TPSA) is 46.5 Å². The van der Waals surface area contributed by atoms with Gasteiger partial charge < -0.3 is 9.55 Å². The van der Waals surface area contributed by atoms with Crippen LogP contribution < -0.4 is 0 Å². The third-order valence-corrected chi connectivity index (χ3v) is 4.41. The van der Waals surface area contributed by atoms with Gasteiger partial charge in [-0.1, -0.05) is 27.7 Å². The van der Waals surface area contributed by atoms with Crippen molar-refractivity contribution in [2.45, 2.75) is 46.0 Å². The van der Waals surface area contributed by atoms with E-state index < -0.39 is 0 Å². The van der Waals surface area contributed by atoms with Gasteiger partial charge in [-0.15, -0.1) is 0 Å². The highest BCUT2D eigenvalue weighted by molar-refractivity contribution is 5.75. The molecule has 0 aliphatic carbocycles. The smallest absolute Gasteiger partial charge is 0.178 e. The summed E-state index contributed by atoms with van der Waals surface area (Å²) in [6, 6.07) is 6.38. The molecule has 1 N–H and O–H groups in total. The van der Waals surface area contributed by atoms with Gasteiger partial charge in [-0.2, -0.15) is 0 Å². The summed E-state index contributed by atoms with van der Waals surface area (Å²) in [5.74, 6) is 1.87. The van der Waals surface area contributed by atoms with Gasteiger partial charge in [0.1, 0.15) is 0 Å².